The van der Waals surface area contributed by atoms with Crippen molar-refractivity contribution in [2.24, 2.45) is 10.3 Å². The average molecular weight is 203 g/mol. The van der Waals surface area contributed by atoms with Gasteiger partial charge in [0.2, 0.25) is 0 Å². The molecule has 0 fully saturated rings. The van der Waals surface area contributed by atoms with E-state index in [0.717, 1.165) is 5.57 Å². The van der Waals surface area contributed by atoms with Gasteiger partial charge in [0.1, 0.15) is 17.1 Å². The molecule has 7 nitrogen and oxygen atoms in total. The minimum atomic E-state index is -0.387. The highest BCUT2D eigenvalue weighted by Gasteiger charge is 2.42. The quantitative estimate of drug-likeness (QED) is 0.540. The normalized spacial score (nSPS) is 20.4. The number of hydrogen-bond acceptors (Lipinski definition) is 6. The smallest absolute Gasteiger partial charge is 0.140 e. The first-order valence-electron chi connectivity index (χ1n) is 4.30. The molecule has 0 unspecified atom stereocenters. The Morgan fingerprint density at radius 2 is 1.93 bits per heavy atom. The fraction of sp³-hybridized carbons (Fsp3) is 0.375. The third-order valence-corrected chi connectivity index (χ3v) is 2.56. The van der Waals surface area contributed by atoms with E-state index in [1.807, 2.05) is 13.8 Å². The van der Waals surface area contributed by atoms with Crippen molar-refractivity contribution in [3.05, 3.63) is 23.5 Å². The van der Waals surface area contributed by atoms with E-state index in [9.17, 15) is 0 Å². The summed E-state index contributed by atoms with van der Waals surface area (Å²) in [5.74, 6) is 0. The molecule has 0 bridgehead atoms. The van der Waals surface area contributed by atoms with E-state index < -0.39 is 0 Å². The lowest BCUT2D eigenvalue weighted by Crippen LogP contribution is -2.18. The van der Waals surface area contributed by atoms with Crippen LogP contribution in [0.15, 0.2) is 22.5 Å². The second-order valence-electron chi connectivity index (χ2n) is 3.73. The summed E-state index contributed by atoms with van der Waals surface area (Å²) in [6.07, 6.45) is 0. The third-order valence-electron chi connectivity index (χ3n) is 2.56. The predicted octanol–water partition coefficient (Wildman–Crippen LogP) is 0.849. The molecule has 0 aromatic carbocycles. The summed E-state index contributed by atoms with van der Waals surface area (Å²) in [5, 5.41) is 21.4. The van der Waals surface area contributed by atoms with E-state index in [1.54, 1.807) is 0 Å². The number of rotatable bonds is 1. The Kier molecular flexibility index (Phi) is 1.88. The second kappa shape index (κ2) is 2.97. The molecule has 1 aliphatic carbocycles. The number of allylic oxidation sites excluding steroid dienone is 1. The van der Waals surface area contributed by atoms with Gasteiger partial charge in [-0.05, 0) is 29.8 Å². The Morgan fingerprint density at radius 3 is 2.60 bits per heavy atom. The molecule has 1 aliphatic rings. The van der Waals surface area contributed by atoms with Gasteiger partial charge in [-0.25, -0.2) is 0 Å². The summed E-state index contributed by atoms with van der Waals surface area (Å²) >= 11 is 0. The highest BCUT2D eigenvalue weighted by molar-refractivity contribution is 6.16. The van der Waals surface area contributed by atoms with Crippen molar-refractivity contribution in [3.8, 4) is 0 Å². The molecule has 1 N–H and O–H groups in total. The van der Waals surface area contributed by atoms with Gasteiger partial charge in [0, 0.05) is 5.41 Å². The molecule has 0 amide bonds. The van der Waals surface area contributed by atoms with Gasteiger partial charge in [-0.2, -0.15) is 5.53 Å². The number of nitrogens with zero attached hydrogens (tertiary/aromatic N) is 6. The van der Waals surface area contributed by atoms with Gasteiger partial charge in [-0.1, -0.05) is 11.8 Å². The molecule has 1 aromatic rings. The van der Waals surface area contributed by atoms with E-state index in [2.05, 4.69) is 37.5 Å². The van der Waals surface area contributed by atoms with Crippen LogP contribution in [0.3, 0.4) is 0 Å². The van der Waals surface area contributed by atoms with Crippen LogP contribution in [0.5, 0.6) is 0 Å². The van der Waals surface area contributed by atoms with Gasteiger partial charge in [0.05, 0.1) is 0 Å². The maximum absolute atomic E-state index is 6.74. The maximum atomic E-state index is 6.74. The first kappa shape index (κ1) is 9.50. The van der Waals surface area contributed by atoms with E-state index in [4.69, 9.17) is 5.53 Å². The van der Waals surface area contributed by atoms with Crippen LogP contribution in [-0.4, -0.2) is 26.3 Å². The summed E-state index contributed by atoms with van der Waals surface area (Å²) in [7, 11) is 0. The summed E-state index contributed by atoms with van der Waals surface area (Å²) in [5.41, 5.74) is 8.73. The number of nitrogens with one attached hydrogen (secondary N) is 1. The monoisotopic (exact) mass is 203 g/mol. The molecular formula is C8H9N7. The zero-order chi connectivity index (χ0) is 11.1. The first-order chi connectivity index (χ1) is 7.09. The van der Waals surface area contributed by atoms with Crippen LogP contribution in [0.25, 0.3) is 0 Å². The summed E-state index contributed by atoms with van der Waals surface area (Å²) < 4.78 is 0. The Bertz CT molecular complexity index is 474. The lowest BCUT2D eigenvalue weighted by atomic mass is 9.87. The van der Waals surface area contributed by atoms with Gasteiger partial charge < -0.3 is 0 Å². The molecule has 2 rings (SSSR count). The number of fused-ring (bicyclic) bond motifs is 1. The molecule has 15 heavy (non-hydrogen) atoms. The SMILES string of the molecule is C=C1/C(=N\N=N)c2nnnnc2C1(C)C. The van der Waals surface area contributed by atoms with Crippen molar-refractivity contribution >= 4 is 5.71 Å². The molecule has 1 heterocycles. The lowest BCUT2D eigenvalue weighted by Gasteiger charge is -2.16. The van der Waals surface area contributed by atoms with Crippen LogP contribution in [0.1, 0.15) is 25.2 Å². The van der Waals surface area contributed by atoms with Crippen molar-refractivity contribution in [3.63, 3.8) is 0 Å². The summed E-state index contributed by atoms with van der Waals surface area (Å²) in [6.45, 7) is 7.79. The van der Waals surface area contributed by atoms with Gasteiger partial charge in [-0.3, -0.25) is 0 Å². The zero-order valence-corrected chi connectivity index (χ0v) is 8.39. The topological polar surface area (TPSA) is 100 Å². The molecule has 7 heteroatoms. The standard InChI is InChI=1S/C8H9N7/c1-4-5(10-13-9)6-7(8(4,2)3)12-15-14-11-6/h9H,1H2,2-3H3/b10-5+,13-9?. The Balaban J connectivity index is 2.73. The largest absolute Gasteiger partial charge is 0.185 e. The first-order valence-corrected chi connectivity index (χ1v) is 4.30. The zero-order valence-electron chi connectivity index (χ0n) is 8.39. The Morgan fingerprint density at radius 1 is 1.27 bits per heavy atom. The highest BCUT2D eigenvalue weighted by atomic mass is 15.4. The van der Waals surface area contributed by atoms with Gasteiger partial charge in [0.15, 0.2) is 0 Å². The van der Waals surface area contributed by atoms with Crippen LogP contribution in [0.4, 0.5) is 0 Å². The molecule has 0 atom stereocenters. The minimum absolute atomic E-state index is 0.387. The molecule has 76 valence electrons. The van der Waals surface area contributed by atoms with Crippen LogP contribution in [0.2, 0.25) is 0 Å². The van der Waals surface area contributed by atoms with Crippen LogP contribution in [-0.2, 0) is 5.41 Å². The van der Waals surface area contributed by atoms with E-state index >= 15 is 0 Å². The minimum Gasteiger partial charge on any atom is -0.185 e. The van der Waals surface area contributed by atoms with Gasteiger partial charge in [0.25, 0.3) is 0 Å². The van der Waals surface area contributed by atoms with E-state index in [0.29, 0.717) is 17.1 Å². The fourth-order valence-electron chi connectivity index (χ4n) is 1.54. The molecule has 0 saturated heterocycles. The Hall–Kier alpha value is -2.05. The molecule has 0 saturated carbocycles. The van der Waals surface area contributed by atoms with Crippen LogP contribution < -0.4 is 0 Å². The molecule has 1 aromatic heterocycles. The summed E-state index contributed by atoms with van der Waals surface area (Å²) in [4.78, 5) is 0. The molecule has 0 aliphatic heterocycles. The van der Waals surface area contributed by atoms with Crippen LogP contribution >= 0.6 is 0 Å². The number of hydrogen-bond donors (Lipinski definition) is 1. The highest BCUT2D eigenvalue weighted by Crippen LogP contribution is 2.39. The van der Waals surface area contributed by atoms with E-state index in [1.165, 1.54) is 0 Å². The lowest BCUT2D eigenvalue weighted by molar-refractivity contribution is 0.597. The maximum Gasteiger partial charge on any atom is 0.140 e. The van der Waals surface area contributed by atoms with Crippen molar-refractivity contribution in [2.75, 3.05) is 0 Å². The average Bonchev–Trinajstić information content (AvgIpc) is 2.42. The molecule has 0 radical (unpaired) electrons. The second-order valence-corrected chi connectivity index (χ2v) is 3.73. The van der Waals surface area contributed by atoms with Crippen molar-refractivity contribution in [2.45, 2.75) is 19.3 Å². The number of aromatic nitrogens is 4. The van der Waals surface area contributed by atoms with E-state index in [-0.39, 0.29) is 5.41 Å². The molecule has 0 spiro atoms. The Labute approximate surface area is 85.8 Å². The van der Waals surface area contributed by atoms with Gasteiger partial charge >= 0.3 is 0 Å². The molecular weight excluding hydrogens is 194 g/mol. The van der Waals surface area contributed by atoms with Crippen LogP contribution in [0, 0.1) is 5.53 Å². The van der Waals surface area contributed by atoms with Crippen molar-refractivity contribution < 1.29 is 0 Å². The fourth-order valence-corrected chi connectivity index (χ4v) is 1.54. The third kappa shape index (κ3) is 1.16. The van der Waals surface area contributed by atoms with Gasteiger partial charge in [-0.15, -0.1) is 15.3 Å². The van der Waals surface area contributed by atoms with Crippen molar-refractivity contribution in [1.82, 2.24) is 20.6 Å². The summed E-state index contributed by atoms with van der Waals surface area (Å²) in [6, 6.07) is 0. The predicted molar refractivity (Wildman–Crippen MR) is 51.5 cm³/mol. The van der Waals surface area contributed by atoms with Crippen molar-refractivity contribution in [1.29, 1.82) is 5.53 Å².